The predicted octanol–water partition coefficient (Wildman–Crippen LogP) is 4.29. The molecule has 166 valence electrons. The first-order chi connectivity index (χ1) is 16.0. The number of nitrogens with zero attached hydrogens (tertiary/aromatic N) is 2. The second-order valence-corrected chi connectivity index (χ2v) is 8.57. The Hall–Kier alpha value is -3.93. The van der Waals surface area contributed by atoms with Crippen LogP contribution in [0.1, 0.15) is 46.7 Å². The van der Waals surface area contributed by atoms with Crippen LogP contribution in [0.5, 0.6) is 5.75 Å². The Balaban J connectivity index is 1.63. The van der Waals surface area contributed by atoms with Gasteiger partial charge in [0.1, 0.15) is 11.5 Å². The number of hydrogen-bond donors (Lipinski definition) is 2. The van der Waals surface area contributed by atoms with Crippen LogP contribution < -0.4 is 0 Å². The van der Waals surface area contributed by atoms with Crippen LogP contribution in [0.2, 0.25) is 0 Å². The van der Waals surface area contributed by atoms with Crippen LogP contribution in [-0.4, -0.2) is 31.8 Å². The van der Waals surface area contributed by atoms with Gasteiger partial charge >= 0.3 is 0 Å². The van der Waals surface area contributed by atoms with Gasteiger partial charge in [-0.2, -0.15) is 0 Å². The lowest BCUT2D eigenvalue weighted by atomic mass is 9.88. The van der Waals surface area contributed by atoms with E-state index in [1.807, 2.05) is 24.3 Å². The molecule has 0 spiro atoms. The summed E-state index contributed by atoms with van der Waals surface area (Å²) in [4.78, 5) is 31.8. The summed E-state index contributed by atoms with van der Waals surface area (Å²) in [6.07, 6.45) is 7.49. The van der Waals surface area contributed by atoms with Crippen LogP contribution >= 0.6 is 0 Å². The molecule has 6 nitrogen and oxygen atoms in total. The molecule has 1 fully saturated rings. The number of aliphatic hydroxyl groups excluding tert-OH is 1. The highest BCUT2D eigenvalue weighted by Crippen LogP contribution is 2.41. The molecule has 2 N–H and O–H groups in total. The Bertz CT molecular complexity index is 1250. The summed E-state index contributed by atoms with van der Waals surface area (Å²) < 4.78 is 0. The van der Waals surface area contributed by atoms with Crippen LogP contribution in [0.4, 0.5) is 0 Å². The number of likely N-dealkylation sites (tertiary alicyclic amines) is 1. The predicted molar refractivity (Wildman–Crippen MR) is 123 cm³/mol. The fourth-order valence-corrected chi connectivity index (χ4v) is 4.77. The lowest BCUT2D eigenvalue weighted by Gasteiger charge is -2.25. The van der Waals surface area contributed by atoms with Gasteiger partial charge in [0, 0.05) is 24.5 Å². The molecule has 1 atom stereocenters. The Morgan fingerprint density at radius 3 is 2.48 bits per heavy atom. The van der Waals surface area contributed by atoms with E-state index in [0.29, 0.717) is 11.1 Å². The van der Waals surface area contributed by atoms with Crippen molar-refractivity contribution in [2.45, 2.75) is 38.3 Å². The minimum Gasteiger partial charge on any atom is -0.508 e. The van der Waals surface area contributed by atoms with Crippen LogP contribution in [0, 0.1) is 0 Å². The van der Waals surface area contributed by atoms with E-state index >= 15 is 0 Å². The maximum Gasteiger partial charge on any atom is 0.295 e. The zero-order valence-corrected chi connectivity index (χ0v) is 18.1. The number of rotatable bonds is 4. The summed E-state index contributed by atoms with van der Waals surface area (Å²) in [5.41, 5.74) is 4.46. The molecule has 1 aliphatic heterocycles. The highest BCUT2D eigenvalue weighted by molar-refractivity contribution is 6.46. The lowest BCUT2D eigenvalue weighted by Crippen LogP contribution is -2.29. The van der Waals surface area contributed by atoms with Gasteiger partial charge in [-0.3, -0.25) is 14.6 Å². The van der Waals surface area contributed by atoms with Crippen molar-refractivity contribution >= 4 is 17.4 Å². The van der Waals surface area contributed by atoms with Crippen molar-refractivity contribution in [1.29, 1.82) is 0 Å². The van der Waals surface area contributed by atoms with Crippen LogP contribution in [-0.2, 0) is 29.0 Å². The molecule has 33 heavy (non-hydrogen) atoms. The van der Waals surface area contributed by atoms with E-state index < -0.39 is 17.7 Å². The van der Waals surface area contributed by atoms with E-state index in [0.717, 1.165) is 31.2 Å². The van der Waals surface area contributed by atoms with Crippen LogP contribution in [0.3, 0.4) is 0 Å². The quantitative estimate of drug-likeness (QED) is 0.359. The number of aromatic hydroxyl groups is 1. The van der Waals surface area contributed by atoms with Gasteiger partial charge < -0.3 is 15.1 Å². The molecular formula is C27H24N2O4. The maximum absolute atomic E-state index is 13.2. The normalized spacial score (nSPS) is 19.5. The number of aryl methyl sites for hydroxylation is 2. The number of carbonyl (C=O) groups is 2. The molecule has 2 aliphatic rings. The second-order valence-electron chi connectivity index (χ2n) is 8.57. The summed E-state index contributed by atoms with van der Waals surface area (Å²) in [5, 5.41) is 21.1. The van der Waals surface area contributed by atoms with Gasteiger partial charge in [-0.25, -0.2) is 0 Å². The number of carbonyl (C=O) groups excluding carboxylic acids is 2. The van der Waals surface area contributed by atoms with Crippen molar-refractivity contribution in [1.82, 2.24) is 9.88 Å². The summed E-state index contributed by atoms with van der Waals surface area (Å²) in [6.45, 7) is 0.172. The molecule has 2 heterocycles. The molecule has 1 amide bonds. The molecule has 5 rings (SSSR count). The molecule has 0 bridgehead atoms. The Morgan fingerprint density at radius 1 is 1.00 bits per heavy atom. The summed E-state index contributed by atoms with van der Waals surface area (Å²) in [6, 6.07) is 15.0. The topological polar surface area (TPSA) is 90.7 Å². The van der Waals surface area contributed by atoms with Crippen LogP contribution in [0.15, 0.2) is 72.6 Å². The SMILES string of the molecule is O=C1C(=O)N(Cc2cccnc2)C(c2ccc(O)cc2)/C1=C(/O)c1ccc2c(c1)CCCC2. The monoisotopic (exact) mass is 440 g/mol. The number of fused-ring (bicyclic) bond motifs is 1. The first-order valence-corrected chi connectivity index (χ1v) is 11.1. The van der Waals surface area contributed by atoms with Gasteiger partial charge in [0.25, 0.3) is 11.7 Å². The van der Waals surface area contributed by atoms with Gasteiger partial charge in [0.05, 0.1) is 11.6 Å². The molecule has 0 radical (unpaired) electrons. The summed E-state index contributed by atoms with van der Waals surface area (Å²) in [7, 11) is 0. The zero-order chi connectivity index (χ0) is 22.9. The van der Waals surface area contributed by atoms with E-state index in [4.69, 9.17) is 0 Å². The Kier molecular flexibility index (Phi) is 5.42. The number of ketones is 1. The number of aliphatic hydroxyl groups is 1. The van der Waals surface area contributed by atoms with E-state index in [-0.39, 0.29) is 23.6 Å². The Labute approximate surface area is 191 Å². The van der Waals surface area contributed by atoms with Gasteiger partial charge in [-0.15, -0.1) is 0 Å². The lowest BCUT2D eigenvalue weighted by molar-refractivity contribution is -0.140. The van der Waals surface area contributed by atoms with E-state index in [9.17, 15) is 19.8 Å². The number of Topliss-reactive ketones (excluding diaryl/α,β-unsaturated/α-hetero) is 1. The van der Waals surface area contributed by atoms with Gasteiger partial charge in [0.15, 0.2) is 0 Å². The molecule has 1 unspecified atom stereocenters. The number of phenols is 1. The van der Waals surface area contributed by atoms with E-state index in [1.165, 1.54) is 28.2 Å². The number of hydrogen-bond acceptors (Lipinski definition) is 5. The number of phenolic OH excluding ortho intramolecular Hbond substituents is 1. The van der Waals surface area contributed by atoms with Gasteiger partial charge in [-0.05, 0) is 72.2 Å². The molecule has 1 aromatic heterocycles. The van der Waals surface area contributed by atoms with Crippen molar-refractivity contribution in [2.75, 3.05) is 0 Å². The highest BCUT2D eigenvalue weighted by Gasteiger charge is 2.46. The number of aromatic nitrogens is 1. The molecule has 2 aromatic carbocycles. The highest BCUT2D eigenvalue weighted by atomic mass is 16.3. The largest absolute Gasteiger partial charge is 0.508 e. The fraction of sp³-hybridized carbons (Fsp3) is 0.222. The van der Waals surface area contributed by atoms with Crippen LogP contribution in [0.25, 0.3) is 5.76 Å². The summed E-state index contributed by atoms with van der Waals surface area (Å²) >= 11 is 0. The van der Waals surface area contributed by atoms with Gasteiger partial charge in [-0.1, -0.05) is 30.3 Å². The minimum atomic E-state index is -0.776. The average molecular weight is 440 g/mol. The fourth-order valence-electron chi connectivity index (χ4n) is 4.77. The number of benzene rings is 2. The zero-order valence-electron chi connectivity index (χ0n) is 18.1. The van der Waals surface area contributed by atoms with Crippen molar-refractivity contribution in [3.05, 3.63) is 100 Å². The molecule has 6 heteroatoms. The van der Waals surface area contributed by atoms with Gasteiger partial charge in [0.2, 0.25) is 0 Å². The maximum atomic E-state index is 13.2. The Morgan fingerprint density at radius 2 is 1.76 bits per heavy atom. The first kappa shape index (κ1) is 20.9. The summed E-state index contributed by atoms with van der Waals surface area (Å²) in [5.74, 6) is -1.48. The molecular weight excluding hydrogens is 416 g/mol. The smallest absolute Gasteiger partial charge is 0.295 e. The second kappa shape index (κ2) is 8.54. The van der Waals surface area contributed by atoms with Crippen molar-refractivity contribution in [3.63, 3.8) is 0 Å². The molecule has 1 saturated heterocycles. The van der Waals surface area contributed by atoms with E-state index in [1.54, 1.807) is 30.6 Å². The third-order valence-electron chi connectivity index (χ3n) is 6.45. The van der Waals surface area contributed by atoms with Crippen molar-refractivity contribution in [3.8, 4) is 5.75 Å². The van der Waals surface area contributed by atoms with Crippen molar-refractivity contribution in [2.24, 2.45) is 0 Å². The van der Waals surface area contributed by atoms with Crippen molar-refractivity contribution < 1.29 is 19.8 Å². The first-order valence-electron chi connectivity index (χ1n) is 11.1. The standard InChI is InChI=1S/C27H24N2O4/c30-22-11-9-19(10-12-22)24-23(25(31)21-8-7-18-5-1-2-6-20(18)14-21)26(32)27(33)29(24)16-17-4-3-13-28-15-17/h3-4,7-15,24,30-31H,1-2,5-6,16H2/b25-23-. The third kappa shape index (κ3) is 3.89. The average Bonchev–Trinajstić information content (AvgIpc) is 3.09. The number of pyridine rings is 1. The molecule has 3 aromatic rings. The minimum absolute atomic E-state index is 0.0605. The third-order valence-corrected chi connectivity index (χ3v) is 6.45. The molecule has 1 aliphatic carbocycles. The number of amides is 1. The van der Waals surface area contributed by atoms with E-state index in [2.05, 4.69) is 4.98 Å². The molecule has 0 saturated carbocycles.